The zero-order chi connectivity index (χ0) is 13.7. The van der Waals surface area contributed by atoms with Gasteiger partial charge in [0.2, 0.25) is 0 Å². The largest absolute Gasteiger partial charge is 0.388 e. The molecule has 2 heteroatoms. The van der Waals surface area contributed by atoms with Crippen LogP contribution < -0.4 is 4.90 Å². The van der Waals surface area contributed by atoms with Gasteiger partial charge in [-0.3, -0.25) is 0 Å². The van der Waals surface area contributed by atoms with Crippen LogP contribution in [0.4, 0.5) is 5.69 Å². The first-order valence-corrected chi connectivity index (χ1v) is 7.77. The molecule has 2 nitrogen and oxygen atoms in total. The predicted octanol–water partition coefficient (Wildman–Crippen LogP) is 4.15. The fourth-order valence-electron chi connectivity index (χ4n) is 3.03. The van der Waals surface area contributed by atoms with Gasteiger partial charge in [0.1, 0.15) is 0 Å². The lowest BCUT2D eigenvalue weighted by Crippen LogP contribution is -2.33. The highest BCUT2D eigenvalue weighted by Crippen LogP contribution is 2.27. The van der Waals surface area contributed by atoms with Crippen LogP contribution in [0, 0.1) is 5.92 Å². The molecule has 1 aliphatic heterocycles. The zero-order valence-corrected chi connectivity index (χ0v) is 12.3. The molecule has 1 fully saturated rings. The second-order valence-electron chi connectivity index (χ2n) is 5.73. The molecule has 0 aliphatic carbocycles. The Bertz CT molecular complexity index is 365. The summed E-state index contributed by atoms with van der Waals surface area (Å²) in [6.07, 6.45) is 5.82. The first-order valence-electron chi connectivity index (χ1n) is 7.77. The van der Waals surface area contributed by atoms with E-state index in [0.717, 1.165) is 17.9 Å². The second-order valence-corrected chi connectivity index (χ2v) is 5.73. The molecule has 1 heterocycles. The van der Waals surface area contributed by atoms with Crippen molar-refractivity contribution in [1.82, 2.24) is 0 Å². The van der Waals surface area contributed by atoms with Crippen LogP contribution in [0.1, 0.15) is 57.6 Å². The summed E-state index contributed by atoms with van der Waals surface area (Å²) in [5.74, 6) is 0.933. The lowest BCUT2D eigenvalue weighted by Gasteiger charge is -2.33. The van der Waals surface area contributed by atoms with Crippen LogP contribution in [0.3, 0.4) is 0 Å². The molecular weight excluding hydrogens is 234 g/mol. The summed E-state index contributed by atoms with van der Waals surface area (Å²) in [5.41, 5.74) is 2.34. The van der Waals surface area contributed by atoms with Gasteiger partial charge < -0.3 is 10.0 Å². The fourth-order valence-corrected chi connectivity index (χ4v) is 3.03. The van der Waals surface area contributed by atoms with Crippen LogP contribution in [0.2, 0.25) is 0 Å². The summed E-state index contributed by atoms with van der Waals surface area (Å²) in [6.45, 7) is 6.65. The van der Waals surface area contributed by atoms with Crippen LogP contribution in [-0.2, 0) is 0 Å². The quantitative estimate of drug-likeness (QED) is 0.861. The Hall–Kier alpha value is -1.02. The smallest absolute Gasteiger partial charge is 0.0787 e. The van der Waals surface area contributed by atoms with E-state index in [0.29, 0.717) is 0 Å². The Morgan fingerprint density at radius 3 is 2.32 bits per heavy atom. The Labute approximate surface area is 117 Å². The van der Waals surface area contributed by atoms with E-state index in [4.69, 9.17) is 0 Å². The Morgan fingerprint density at radius 1 is 1.16 bits per heavy atom. The van der Waals surface area contributed by atoms with Gasteiger partial charge in [0.05, 0.1) is 6.10 Å². The van der Waals surface area contributed by atoms with Gasteiger partial charge in [0.15, 0.2) is 0 Å². The van der Waals surface area contributed by atoms with Crippen molar-refractivity contribution in [3.05, 3.63) is 29.8 Å². The number of benzene rings is 1. The van der Waals surface area contributed by atoms with E-state index in [-0.39, 0.29) is 6.10 Å². The minimum absolute atomic E-state index is 0.315. The average Bonchev–Trinajstić information content (AvgIpc) is 2.48. The molecule has 1 saturated heterocycles. The van der Waals surface area contributed by atoms with E-state index in [2.05, 4.69) is 36.1 Å². The first kappa shape index (κ1) is 14.4. The number of aliphatic hydroxyl groups is 1. The van der Waals surface area contributed by atoms with Gasteiger partial charge in [-0.1, -0.05) is 38.8 Å². The summed E-state index contributed by atoms with van der Waals surface area (Å²) < 4.78 is 0. The molecule has 1 aromatic rings. The highest BCUT2D eigenvalue weighted by Gasteiger charge is 2.18. The SMILES string of the molecule is CCCC1CCN(c2ccc(C(O)CC)cc2)CC1. The fraction of sp³-hybridized carbons (Fsp3) is 0.647. The van der Waals surface area contributed by atoms with Crippen LogP contribution in [0.15, 0.2) is 24.3 Å². The maximum Gasteiger partial charge on any atom is 0.0787 e. The lowest BCUT2D eigenvalue weighted by atomic mass is 9.92. The topological polar surface area (TPSA) is 23.5 Å². The minimum Gasteiger partial charge on any atom is -0.388 e. The number of hydrogen-bond acceptors (Lipinski definition) is 2. The van der Waals surface area contributed by atoms with Crippen LogP contribution in [-0.4, -0.2) is 18.2 Å². The van der Waals surface area contributed by atoms with Gasteiger partial charge in [-0.15, -0.1) is 0 Å². The van der Waals surface area contributed by atoms with E-state index < -0.39 is 0 Å². The Morgan fingerprint density at radius 2 is 1.79 bits per heavy atom. The van der Waals surface area contributed by atoms with Gasteiger partial charge in [-0.2, -0.15) is 0 Å². The minimum atomic E-state index is -0.315. The normalized spacial score (nSPS) is 18.6. The molecule has 1 atom stereocenters. The molecule has 1 unspecified atom stereocenters. The van der Waals surface area contributed by atoms with E-state index in [1.165, 1.54) is 44.5 Å². The molecule has 0 bridgehead atoms. The second kappa shape index (κ2) is 6.95. The molecule has 0 aromatic heterocycles. The van der Waals surface area contributed by atoms with Crippen molar-refractivity contribution in [2.45, 2.75) is 52.1 Å². The van der Waals surface area contributed by atoms with Gasteiger partial charge in [0, 0.05) is 18.8 Å². The first-order chi connectivity index (χ1) is 9.24. The number of rotatable bonds is 5. The summed E-state index contributed by atoms with van der Waals surface area (Å²) in [7, 11) is 0. The van der Waals surface area contributed by atoms with Crippen molar-refractivity contribution >= 4 is 5.69 Å². The number of hydrogen-bond donors (Lipinski definition) is 1. The highest BCUT2D eigenvalue weighted by atomic mass is 16.3. The van der Waals surface area contributed by atoms with Crippen LogP contribution in [0.25, 0.3) is 0 Å². The third-order valence-corrected chi connectivity index (χ3v) is 4.34. The standard InChI is InChI=1S/C17H27NO/c1-3-5-14-10-12-18(13-11-14)16-8-6-15(7-9-16)17(19)4-2/h6-9,14,17,19H,3-5,10-13H2,1-2H3. The van der Waals surface area contributed by atoms with Crippen molar-refractivity contribution < 1.29 is 5.11 Å². The molecular formula is C17H27NO. The van der Waals surface area contributed by atoms with E-state index >= 15 is 0 Å². The van der Waals surface area contributed by atoms with Gasteiger partial charge in [-0.25, -0.2) is 0 Å². The predicted molar refractivity (Wildman–Crippen MR) is 81.5 cm³/mol. The van der Waals surface area contributed by atoms with Crippen molar-refractivity contribution in [3.63, 3.8) is 0 Å². The molecule has 19 heavy (non-hydrogen) atoms. The summed E-state index contributed by atoms with van der Waals surface area (Å²) in [4.78, 5) is 2.48. The third kappa shape index (κ3) is 3.73. The van der Waals surface area contributed by atoms with Crippen LogP contribution >= 0.6 is 0 Å². The molecule has 1 aromatic carbocycles. The van der Waals surface area contributed by atoms with Crippen molar-refractivity contribution in [2.75, 3.05) is 18.0 Å². The van der Waals surface area contributed by atoms with E-state index in [1.54, 1.807) is 0 Å². The number of piperidine rings is 1. The Kier molecular flexibility index (Phi) is 5.26. The molecule has 0 spiro atoms. The number of anilines is 1. The lowest BCUT2D eigenvalue weighted by molar-refractivity contribution is 0.173. The van der Waals surface area contributed by atoms with E-state index in [1.807, 2.05) is 6.92 Å². The summed E-state index contributed by atoms with van der Waals surface area (Å²) >= 11 is 0. The number of nitrogens with zero attached hydrogens (tertiary/aromatic N) is 1. The highest BCUT2D eigenvalue weighted by molar-refractivity contribution is 5.48. The molecule has 2 rings (SSSR count). The molecule has 0 radical (unpaired) electrons. The zero-order valence-electron chi connectivity index (χ0n) is 12.3. The molecule has 106 valence electrons. The maximum absolute atomic E-state index is 9.81. The van der Waals surface area contributed by atoms with Crippen molar-refractivity contribution in [1.29, 1.82) is 0 Å². The molecule has 0 saturated carbocycles. The van der Waals surface area contributed by atoms with Crippen molar-refractivity contribution in [3.8, 4) is 0 Å². The Balaban J connectivity index is 1.92. The van der Waals surface area contributed by atoms with Crippen LogP contribution in [0.5, 0.6) is 0 Å². The number of aliphatic hydroxyl groups excluding tert-OH is 1. The van der Waals surface area contributed by atoms with Gasteiger partial charge >= 0.3 is 0 Å². The molecule has 1 aliphatic rings. The third-order valence-electron chi connectivity index (χ3n) is 4.34. The maximum atomic E-state index is 9.81. The summed E-state index contributed by atoms with van der Waals surface area (Å²) in [6, 6.07) is 8.46. The summed E-state index contributed by atoms with van der Waals surface area (Å²) in [5, 5.41) is 9.81. The molecule has 1 N–H and O–H groups in total. The van der Waals surface area contributed by atoms with Gasteiger partial charge in [-0.05, 0) is 42.9 Å². The monoisotopic (exact) mass is 261 g/mol. The molecule has 0 amide bonds. The van der Waals surface area contributed by atoms with Crippen molar-refractivity contribution in [2.24, 2.45) is 5.92 Å². The van der Waals surface area contributed by atoms with E-state index in [9.17, 15) is 5.11 Å². The average molecular weight is 261 g/mol. The van der Waals surface area contributed by atoms with Gasteiger partial charge in [0.25, 0.3) is 0 Å².